The number of amides is 1. The summed E-state index contributed by atoms with van der Waals surface area (Å²) in [6, 6.07) is 11.3. The van der Waals surface area contributed by atoms with Crippen LogP contribution < -0.4 is 18.9 Å². The van der Waals surface area contributed by atoms with E-state index in [0.717, 1.165) is 41.9 Å². The predicted molar refractivity (Wildman–Crippen MR) is 120 cm³/mol. The first-order chi connectivity index (χ1) is 15.1. The maximum Gasteiger partial charge on any atom is 0.226 e. The van der Waals surface area contributed by atoms with Gasteiger partial charge < -0.3 is 23.8 Å². The van der Waals surface area contributed by atoms with E-state index in [0.29, 0.717) is 24.7 Å². The first-order valence-electron chi connectivity index (χ1n) is 10.9. The van der Waals surface area contributed by atoms with Gasteiger partial charge in [-0.2, -0.15) is 0 Å². The SMILES string of the molecule is CCC(CC)C(=O)N1CCc2cc(OC)c(OC)cc2C1COc1ccc(OC)cc1. The molecule has 0 fully saturated rings. The van der Waals surface area contributed by atoms with Crippen LogP contribution in [0.25, 0.3) is 0 Å². The Morgan fingerprint density at radius 3 is 2.16 bits per heavy atom. The van der Waals surface area contributed by atoms with E-state index in [1.54, 1.807) is 21.3 Å². The summed E-state index contributed by atoms with van der Waals surface area (Å²) in [6.07, 6.45) is 2.44. The molecule has 0 aromatic heterocycles. The topological polar surface area (TPSA) is 57.2 Å². The van der Waals surface area contributed by atoms with Crippen LogP contribution in [0.1, 0.15) is 43.9 Å². The van der Waals surface area contributed by atoms with E-state index in [9.17, 15) is 4.79 Å². The van der Waals surface area contributed by atoms with Crippen LogP contribution in [0, 0.1) is 5.92 Å². The highest BCUT2D eigenvalue weighted by Gasteiger charge is 2.34. The fraction of sp³-hybridized carbons (Fsp3) is 0.480. The van der Waals surface area contributed by atoms with Gasteiger partial charge in [0.05, 0.1) is 27.4 Å². The van der Waals surface area contributed by atoms with Crippen molar-refractivity contribution >= 4 is 5.91 Å². The smallest absolute Gasteiger partial charge is 0.226 e. The fourth-order valence-electron chi connectivity index (χ4n) is 4.19. The van der Waals surface area contributed by atoms with Gasteiger partial charge >= 0.3 is 0 Å². The van der Waals surface area contributed by atoms with Gasteiger partial charge in [0.25, 0.3) is 0 Å². The summed E-state index contributed by atoms with van der Waals surface area (Å²) in [5.41, 5.74) is 2.21. The lowest BCUT2D eigenvalue weighted by molar-refractivity contribution is -0.139. The van der Waals surface area contributed by atoms with E-state index in [1.807, 2.05) is 41.3 Å². The summed E-state index contributed by atoms with van der Waals surface area (Å²) >= 11 is 0. The first-order valence-corrected chi connectivity index (χ1v) is 10.9. The molecule has 1 atom stereocenters. The summed E-state index contributed by atoms with van der Waals surface area (Å²) in [5.74, 6) is 3.09. The summed E-state index contributed by atoms with van der Waals surface area (Å²) in [7, 11) is 4.90. The Hall–Kier alpha value is -2.89. The van der Waals surface area contributed by atoms with Crippen LogP contribution >= 0.6 is 0 Å². The van der Waals surface area contributed by atoms with E-state index in [1.165, 1.54) is 0 Å². The van der Waals surface area contributed by atoms with E-state index in [4.69, 9.17) is 18.9 Å². The molecular weight excluding hydrogens is 394 g/mol. The van der Waals surface area contributed by atoms with Crippen LogP contribution in [0.4, 0.5) is 0 Å². The van der Waals surface area contributed by atoms with Crippen molar-refractivity contribution < 1.29 is 23.7 Å². The minimum atomic E-state index is -0.196. The number of methoxy groups -OCH3 is 3. The number of rotatable bonds is 9. The zero-order chi connectivity index (χ0) is 22.4. The number of carbonyl (C=O) groups is 1. The van der Waals surface area contributed by atoms with E-state index in [2.05, 4.69) is 13.8 Å². The molecule has 2 aromatic carbocycles. The Kier molecular flexibility index (Phi) is 7.66. The summed E-state index contributed by atoms with van der Waals surface area (Å²) < 4.78 is 22.4. The van der Waals surface area contributed by atoms with Gasteiger partial charge in [0.2, 0.25) is 5.91 Å². The van der Waals surface area contributed by atoms with Crippen LogP contribution in [-0.2, 0) is 11.2 Å². The van der Waals surface area contributed by atoms with Gasteiger partial charge in [-0.15, -0.1) is 0 Å². The van der Waals surface area contributed by atoms with E-state index in [-0.39, 0.29) is 17.9 Å². The quantitative estimate of drug-likeness (QED) is 0.583. The van der Waals surface area contributed by atoms with Crippen molar-refractivity contribution in [3.05, 3.63) is 47.5 Å². The third-order valence-corrected chi connectivity index (χ3v) is 6.09. The molecule has 2 aromatic rings. The molecule has 1 amide bonds. The number of nitrogens with zero attached hydrogens (tertiary/aromatic N) is 1. The summed E-state index contributed by atoms with van der Waals surface area (Å²) in [5, 5.41) is 0. The summed E-state index contributed by atoms with van der Waals surface area (Å²) in [4.78, 5) is 15.3. The second kappa shape index (κ2) is 10.4. The van der Waals surface area contributed by atoms with Crippen LogP contribution in [-0.4, -0.2) is 45.3 Å². The van der Waals surface area contributed by atoms with E-state index < -0.39 is 0 Å². The highest BCUT2D eigenvalue weighted by Crippen LogP contribution is 2.39. The van der Waals surface area contributed by atoms with Gasteiger partial charge in [0, 0.05) is 12.5 Å². The molecule has 1 unspecified atom stereocenters. The molecule has 0 saturated carbocycles. The normalized spacial score (nSPS) is 15.4. The molecule has 0 aliphatic carbocycles. The molecule has 0 radical (unpaired) electrons. The molecule has 0 saturated heterocycles. The zero-order valence-electron chi connectivity index (χ0n) is 19.1. The van der Waals surface area contributed by atoms with Crippen LogP contribution in [0.3, 0.4) is 0 Å². The molecule has 1 heterocycles. The van der Waals surface area contributed by atoms with E-state index >= 15 is 0 Å². The monoisotopic (exact) mass is 427 g/mol. The van der Waals surface area contributed by atoms with Gasteiger partial charge in [-0.1, -0.05) is 13.8 Å². The third-order valence-electron chi connectivity index (χ3n) is 6.09. The fourth-order valence-corrected chi connectivity index (χ4v) is 4.19. The van der Waals surface area contributed by atoms with Crippen LogP contribution in [0.15, 0.2) is 36.4 Å². The molecule has 1 aliphatic heterocycles. The number of benzene rings is 2. The molecule has 31 heavy (non-hydrogen) atoms. The average Bonchev–Trinajstić information content (AvgIpc) is 2.82. The Morgan fingerprint density at radius 1 is 0.968 bits per heavy atom. The van der Waals surface area contributed by atoms with Crippen molar-refractivity contribution in [2.45, 2.75) is 39.2 Å². The molecular formula is C25H33NO5. The highest BCUT2D eigenvalue weighted by molar-refractivity contribution is 5.79. The first kappa shape index (κ1) is 22.8. The lowest BCUT2D eigenvalue weighted by Crippen LogP contribution is -2.45. The Labute approximate surface area is 185 Å². The Bertz CT molecular complexity index is 876. The van der Waals surface area contributed by atoms with Gasteiger partial charge in [-0.05, 0) is 66.8 Å². The second-order valence-corrected chi connectivity index (χ2v) is 7.70. The summed E-state index contributed by atoms with van der Waals surface area (Å²) in [6.45, 7) is 5.16. The molecule has 168 valence electrons. The molecule has 0 N–H and O–H groups in total. The average molecular weight is 428 g/mol. The Balaban J connectivity index is 1.94. The third kappa shape index (κ3) is 4.89. The van der Waals surface area contributed by atoms with Crippen molar-refractivity contribution in [1.29, 1.82) is 0 Å². The van der Waals surface area contributed by atoms with Crippen molar-refractivity contribution in [1.82, 2.24) is 4.90 Å². The van der Waals surface area contributed by atoms with Gasteiger partial charge in [0.1, 0.15) is 18.1 Å². The predicted octanol–water partition coefficient (Wildman–Crippen LogP) is 4.65. The van der Waals surface area contributed by atoms with Gasteiger partial charge in [0.15, 0.2) is 11.5 Å². The van der Waals surface area contributed by atoms with Gasteiger partial charge in [-0.3, -0.25) is 4.79 Å². The number of fused-ring (bicyclic) bond motifs is 1. The molecule has 1 aliphatic rings. The minimum absolute atomic E-state index is 0.0187. The van der Waals surface area contributed by atoms with Crippen molar-refractivity contribution in [2.24, 2.45) is 5.92 Å². The van der Waals surface area contributed by atoms with Crippen molar-refractivity contribution in [2.75, 3.05) is 34.5 Å². The number of hydrogen-bond acceptors (Lipinski definition) is 5. The number of ether oxygens (including phenoxy) is 4. The van der Waals surface area contributed by atoms with Crippen LogP contribution in [0.5, 0.6) is 23.0 Å². The lowest BCUT2D eigenvalue weighted by atomic mass is 9.90. The number of carbonyl (C=O) groups excluding carboxylic acids is 1. The highest BCUT2D eigenvalue weighted by atomic mass is 16.5. The molecule has 0 bridgehead atoms. The Morgan fingerprint density at radius 2 is 1.58 bits per heavy atom. The van der Waals surface area contributed by atoms with Crippen LogP contribution in [0.2, 0.25) is 0 Å². The van der Waals surface area contributed by atoms with Crippen molar-refractivity contribution in [3.63, 3.8) is 0 Å². The maximum absolute atomic E-state index is 13.4. The van der Waals surface area contributed by atoms with Crippen molar-refractivity contribution in [3.8, 4) is 23.0 Å². The standard InChI is InChI=1S/C25H33NO5/c1-6-17(7-2)25(27)26-13-12-18-14-23(29-4)24(30-5)15-21(18)22(26)16-31-20-10-8-19(28-3)9-11-20/h8-11,14-15,17,22H,6-7,12-13,16H2,1-5H3. The molecule has 3 rings (SSSR count). The largest absolute Gasteiger partial charge is 0.497 e. The molecule has 6 nitrogen and oxygen atoms in total. The molecule has 6 heteroatoms. The second-order valence-electron chi connectivity index (χ2n) is 7.70. The maximum atomic E-state index is 13.4. The number of hydrogen-bond donors (Lipinski definition) is 0. The molecule has 0 spiro atoms. The lowest BCUT2D eigenvalue weighted by Gasteiger charge is -2.39. The van der Waals surface area contributed by atoms with Gasteiger partial charge in [-0.25, -0.2) is 0 Å². The zero-order valence-corrected chi connectivity index (χ0v) is 19.1. The minimum Gasteiger partial charge on any atom is -0.497 e.